The average molecular weight is 294 g/mol. The van der Waals surface area contributed by atoms with Crippen LogP contribution in [0.3, 0.4) is 0 Å². The van der Waals surface area contributed by atoms with E-state index in [0.29, 0.717) is 18.8 Å². The van der Waals surface area contributed by atoms with Gasteiger partial charge in [-0.3, -0.25) is 0 Å². The van der Waals surface area contributed by atoms with Crippen LogP contribution in [0.25, 0.3) is 0 Å². The Labute approximate surface area is 122 Å². The highest BCUT2D eigenvalue weighted by atomic mass is 16.5. The van der Waals surface area contributed by atoms with Crippen LogP contribution in [-0.4, -0.2) is 53.9 Å². The normalized spacial score (nSPS) is 17.6. The molecule has 0 aromatic heterocycles. The van der Waals surface area contributed by atoms with Gasteiger partial charge in [-0.2, -0.15) is 0 Å². The summed E-state index contributed by atoms with van der Waals surface area (Å²) in [5.74, 6) is -0.642. The number of urea groups is 1. The summed E-state index contributed by atoms with van der Waals surface area (Å²) < 4.78 is 4.98. The molecule has 1 aromatic carbocycles. The second-order valence-corrected chi connectivity index (χ2v) is 4.93. The largest absolute Gasteiger partial charge is 0.497 e. The Morgan fingerprint density at radius 2 is 2.24 bits per heavy atom. The third-order valence-corrected chi connectivity index (χ3v) is 3.53. The van der Waals surface area contributed by atoms with Gasteiger partial charge in [-0.1, -0.05) is 0 Å². The van der Waals surface area contributed by atoms with E-state index >= 15 is 0 Å². The predicted molar refractivity (Wildman–Crippen MR) is 75.7 cm³/mol. The fourth-order valence-corrected chi connectivity index (χ4v) is 2.30. The minimum absolute atomic E-state index is 0.0272. The molecule has 1 heterocycles. The molecule has 3 N–H and O–H groups in total. The van der Waals surface area contributed by atoms with Crippen molar-refractivity contribution in [3.63, 3.8) is 0 Å². The molecule has 1 atom stereocenters. The number of rotatable bonds is 4. The Kier molecular flexibility index (Phi) is 4.64. The predicted octanol–water partition coefficient (Wildman–Crippen LogP) is 1.24. The van der Waals surface area contributed by atoms with Crippen molar-refractivity contribution in [3.05, 3.63) is 23.8 Å². The van der Waals surface area contributed by atoms with Crippen molar-refractivity contribution in [3.8, 4) is 5.75 Å². The van der Waals surface area contributed by atoms with Crippen molar-refractivity contribution in [1.82, 2.24) is 4.90 Å². The van der Waals surface area contributed by atoms with Crippen molar-refractivity contribution >= 4 is 17.7 Å². The molecule has 21 heavy (non-hydrogen) atoms. The third kappa shape index (κ3) is 3.43. The summed E-state index contributed by atoms with van der Waals surface area (Å²) in [4.78, 5) is 24.9. The van der Waals surface area contributed by atoms with Gasteiger partial charge in [-0.05, 0) is 24.6 Å². The van der Waals surface area contributed by atoms with E-state index in [2.05, 4.69) is 5.32 Å². The van der Waals surface area contributed by atoms with E-state index < -0.39 is 5.97 Å². The van der Waals surface area contributed by atoms with Crippen molar-refractivity contribution in [2.75, 3.05) is 32.1 Å². The maximum absolute atomic E-state index is 12.1. The number of carbonyl (C=O) groups excluding carboxylic acids is 1. The lowest BCUT2D eigenvalue weighted by Crippen LogP contribution is -2.33. The van der Waals surface area contributed by atoms with Crippen molar-refractivity contribution in [2.45, 2.75) is 6.42 Å². The minimum Gasteiger partial charge on any atom is -0.497 e. The molecule has 0 saturated carbocycles. The van der Waals surface area contributed by atoms with Crippen molar-refractivity contribution in [2.24, 2.45) is 5.92 Å². The van der Waals surface area contributed by atoms with E-state index in [1.807, 2.05) is 0 Å². The number of aliphatic hydroxyl groups excluding tert-OH is 1. The second kappa shape index (κ2) is 6.45. The Hall–Kier alpha value is -2.28. The van der Waals surface area contributed by atoms with Crippen LogP contribution in [0, 0.1) is 5.92 Å². The van der Waals surface area contributed by atoms with E-state index in [0.717, 1.165) is 6.42 Å². The Morgan fingerprint density at radius 1 is 1.48 bits per heavy atom. The molecule has 2 rings (SSSR count). The summed E-state index contributed by atoms with van der Waals surface area (Å²) in [6.07, 6.45) is 0.748. The van der Waals surface area contributed by atoms with Crippen LogP contribution in [0.1, 0.15) is 16.8 Å². The first kappa shape index (κ1) is 15.1. The smallest absolute Gasteiger partial charge is 0.337 e. The molecule has 1 saturated heterocycles. The summed E-state index contributed by atoms with van der Waals surface area (Å²) in [6.45, 7) is 1.07. The van der Waals surface area contributed by atoms with E-state index in [9.17, 15) is 14.7 Å². The number of nitrogens with one attached hydrogen (secondary N) is 1. The summed E-state index contributed by atoms with van der Waals surface area (Å²) in [7, 11) is 1.44. The Morgan fingerprint density at radius 3 is 2.81 bits per heavy atom. The number of carboxylic acid groups (broad SMARTS) is 1. The zero-order valence-corrected chi connectivity index (χ0v) is 11.7. The van der Waals surface area contributed by atoms with Gasteiger partial charge in [0.25, 0.3) is 0 Å². The number of benzene rings is 1. The number of amides is 2. The Bertz CT molecular complexity index is 546. The SMILES string of the molecule is COc1ccc(NC(=O)N2CCC(CO)C2)c(C(=O)O)c1. The van der Waals surface area contributed by atoms with Crippen LogP contribution in [0.2, 0.25) is 0 Å². The lowest BCUT2D eigenvalue weighted by Gasteiger charge is -2.18. The van der Waals surface area contributed by atoms with Gasteiger partial charge in [0.2, 0.25) is 0 Å². The van der Waals surface area contributed by atoms with Gasteiger partial charge in [-0.15, -0.1) is 0 Å². The first-order chi connectivity index (χ1) is 10.0. The molecule has 7 heteroatoms. The number of carboxylic acids is 1. The highest BCUT2D eigenvalue weighted by molar-refractivity contribution is 6.00. The average Bonchev–Trinajstić information content (AvgIpc) is 2.96. The quantitative estimate of drug-likeness (QED) is 0.776. The fraction of sp³-hybridized carbons (Fsp3) is 0.429. The molecule has 0 aliphatic carbocycles. The van der Waals surface area contributed by atoms with Crippen LogP contribution in [0.4, 0.5) is 10.5 Å². The number of aromatic carboxylic acids is 1. The molecule has 1 fully saturated rings. The number of carbonyl (C=O) groups is 2. The maximum Gasteiger partial charge on any atom is 0.337 e. The third-order valence-electron chi connectivity index (χ3n) is 3.53. The number of methoxy groups -OCH3 is 1. The molecule has 1 aliphatic rings. The number of ether oxygens (including phenoxy) is 1. The summed E-state index contributed by atoms with van der Waals surface area (Å²) >= 11 is 0. The van der Waals surface area contributed by atoms with Gasteiger partial charge in [-0.25, -0.2) is 9.59 Å². The summed E-state index contributed by atoms with van der Waals surface area (Å²) in [6, 6.07) is 4.08. The van der Waals surface area contributed by atoms with E-state index in [1.54, 1.807) is 11.0 Å². The first-order valence-corrected chi connectivity index (χ1v) is 6.63. The van der Waals surface area contributed by atoms with Gasteiger partial charge in [0.05, 0.1) is 18.4 Å². The molecule has 0 spiro atoms. The van der Waals surface area contributed by atoms with Crippen molar-refractivity contribution < 1.29 is 24.5 Å². The number of likely N-dealkylation sites (tertiary alicyclic amines) is 1. The monoisotopic (exact) mass is 294 g/mol. The van der Waals surface area contributed by atoms with Gasteiger partial charge in [0, 0.05) is 25.6 Å². The molecule has 7 nitrogen and oxygen atoms in total. The number of nitrogens with zero attached hydrogens (tertiary/aromatic N) is 1. The van der Waals surface area contributed by atoms with Crippen LogP contribution in [0.15, 0.2) is 18.2 Å². The molecule has 1 aromatic rings. The molecular weight excluding hydrogens is 276 g/mol. The number of hydrogen-bond acceptors (Lipinski definition) is 4. The van der Waals surface area contributed by atoms with Crippen LogP contribution < -0.4 is 10.1 Å². The molecule has 2 amide bonds. The highest BCUT2D eigenvalue weighted by Crippen LogP contribution is 2.23. The standard InChI is InChI=1S/C14H18N2O5/c1-21-10-2-3-12(11(6-10)13(18)19)15-14(20)16-5-4-9(7-16)8-17/h2-3,6,9,17H,4-5,7-8H2,1H3,(H,15,20)(H,18,19). The molecule has 0 radical (unpaired) electrons. The zero-order valence-electron chi connectivity index (χ0n) is 11.7. The first-order valence-electron chi connectivity index (χ1n) is 6.63. The lowest BCUT2D eigenvalue weighted by molar-refractivity contribution is 0.0697. The lowest BCUT2D eigenvalue weighted by atomic mass is 10.1. The number of hydrogen-bond donors (Lipinski definition) is 3. The van der Waals surface area contributed by atoms with E-state index in [1.165, 1.54) is 19.2 Å². The van der Waals surface area contributed by atoms with Crippen LogP contribution in [-0.2, 0) is 0 Å². The Balaban J connectivity index is 2.12. The maximum atomic E-state index is 12.1. The van der Waals surface area contributed by atoms with Gasteiger partial charge in [0.1, 0.15) is 5.75 Å². The van der Waals surface area contributed by atoms with Gasteiger partial charge in [0.15, 0.2) is 0 Å². The topological polar surface area (TPSA) is 99.1 Å². The van der Waals surface area contributed by atoms with Gasteiger partial charge >= 0.3 is 12.0 Å². The van der Waals surface area contributed by atoms with Gasteiger partial charge < -0.3 is 25.2 Å². The van der Waals surface area contributed by atoms with Crippen LogP contribution in [0.5, 0.6) is 5.75 Å². The van der Waals surface area contributed by atoms with E-state index in [-0.39, 0.29) is 29.8 Å². The number of anilines is 1. The molecule has 0 bridgehead atoms. The molecular formula is C14H18N2O5. The van der Waals surface area contributed by atoms with Crippen LogP contribution >= 0.6 is 0 Å². The fourth-order valence-electron chi connectivity index (χ4n) is 2.30. The van der Waals surface area contributed by atoms with E-state index in [4.69, 9.17) is 9.84 Å². The zero-order chi connectivity index (χ0) is 15.4. The number of aliphatic hydroxyl groups is 1. The highest BCUT2D eigenvalue weighted by Gasteiger charge is 2.26. The molecule has 114 valence electrons. The minimum atomic E-state index is -1.14. The second-order valence-electron chi connectivity index (χ2n) is 4.93. The summed E-state index contributed by atoms with van der Waals surface area (Å²) in [5, 5.41) is 20.9. The molecule has 1 unspecified atom stereocenters. The summed E-state index contributed by atoms with van der Waals surface area (Å²) in [5.41, 5.74) is 0.196. The molecule has 1 aliphatic heterocycles. The van der Waals surface area contributed by atoms with Crippen molar-refractivity contribution in [1.29, 1.82) is 0 Å².